The number of imide groups is 2. The minimum absolute atomic E-state index is 0.0511. The van der Waals surface area contributed by atoms with E-state index in [9.17, 15) is 14.4 Å². The molecule has 2 aromatic rings. The molecular formula is C25H27N3O3. The van der Waals surface area contributed by atoms with Crippen molar-refractivity contribution in [3.8, 4) is 0 Å². The lowest BCUT2D eigenvalue weighted by Gasteiger charge is -2.30. The Bertz CT molecular complexity index is 931. The highest BCUT2D eigenvalue weighted by molar-refractivity contribution is 6.27. The fourth-order valence-corrected chi connectivity index (χ4v) is 3.85. The fraction of sp³-hybridized carbons (Fsp3) is 0.280. The molecule has 6 heteroatoms. The van der Waals surface area contributed by atoms with Crippen molar-refractivity contribution >= 4 is 23.6 Å². The monoisotopic (exact) mass is 417 g/mol. The molecule has 0 aromatic heterocycles. The summed E-state index contributed by atoms with van der Waals surface area (Å²) in [5, 5.41) is 2.26. The van der Waals surface area contributed by atoms with Crippen molar-refractivity contribution in [3.05, 3.63) is 84.4 Å². The lowest BCUT2D eigenvalue weighted by atomic mass is 9.88. The van der Waals surface area contributed by atoms with Crippen LogP contribution in [0.2, 0.25) is 0 Å². The molecule has 0 spiro atoms. The first kappa shape index (κ1) is 22.2. The van der Waals surface area contributed by atoms with E-state index in [4.69, 9.17) is 0 Å². The molecule has 0 aliphatic carbocycles. The number of urea groups is 1. The molecule has 160 valence electrons. The first-order valence-electron chi connectivity index (χ1n) is 10.5. The van der Waals surface area contributed by atoms with Crippen molar-refractivity contribution in [2.75, 3.05) is 13.1 Å². The third-order valence-electron chi connectivity index (χ3n) is 5.39. The van der Waals surface area contributed by atoms with E-state index in [0.717, 1.165) is 11.3 Å². The van der Waals surface area contributed by atoms with Gasteiger partial charge in [0.15, 0.2) is 5.92 Å². The summed E-state index contributed by atoms with van der Waals surface area (Å²) in [5.74, 6) is -2.08. The van der Waals surface area contributed by atoms with E-state index in [-0.39, 0.29) is 12.5 Å². The third-order valence-corrected chi connectivity index (χ3v) is 5.39. The van der Waals surface area contributed by atoms with Gasteiger partial charge in [0.1, 0.15) is 0 Å². The quantitative estimate of drug-likeness (QED) is 0.381. The Hall–Kier alpha value is -3.54. The van der Waals surface area contributed by atoms with E-state index < -0.39 is 23.8 Å². The van der Waals surface area contributed by atoms with Crippen molar-refractivity contribution in [1.82, 2.24) is 10.2 Å². The smallest absolute Gasteiger partial charge is 0.293 e. The number of rotatable bonds is 9. The molecule has 1 heterocycles. The Morgan fingerprint density at radius 2 is 1.65 bits per heavy atom. The zero-order valence-electron chi connectivity index (χ0n) is 17.7. The van der Waals surface area contributed by atoms with Gasteiger partial charge in [0.2, 0.25) is 11.8 Å². The van der Waals surface area contributed by atoms with E-state index in [1.165, 1.54) is 17.2 Å². The summed E-state index contributed by atoms with van der Waals surface area (Å²) in [6.07, 6.45) is 2.63. The molecule has 3 rings (SSSR count). The summed E-state index contributed by atoms with van der Waals surface area (Å²) in [6.45, 7) is 5.94. The fourth-order valence-electron chi connectivity index (χ4n) is 3.85. The summed E-state index contributed by atoms with van der Waals surface area (Å²) in [6, 6.07) is 19.7. The largest absolute Gasteiger partial charge is 0.331 e. The van der Waals surface area contributed by atoms with Crippen molar-refractivity contribution in [3.63, 3.8) is 0 Å². The Morgan fingerprint density at radius 3 is 2.16 bits per heavy atom. The standard InChI is InChI=1S/C25H27N3O3/c1-3-17-28-24(30)22(23(29)27-25(28)31)21(4-2)26-16-15-20(18-11-7-5-8-12-18)19-13-9-6-10-14-19/h3,5-14,20,22H,1,4,15-17H2,2H3,(H,27,29,31). The van der Waals surface area contributed by atoms with Gasteiger partial charge in [0, 0.05) is 24.7 Å². The van der Waals surface area contributed by atoms with Crippen LogP contribution in [0.1, 0.15) is 36.8 Å². The van der Waals surface area contributed by atoms with Gasteiger partial charge in [-0.2, -0.15) is 0 Å². The summed E-state index contributed by atoms with van der Waals surface area (Å²) in [7, 11) is 0. The van der Waals surface area contributed by atoms with Crippen LogP contribution in [-0.4, -0.2) is 41.5 Å². The second kappa shape index (κ2) is 10.5. The predicted octanol–water partition coefficient (Wildman–Crippen LogP) is 3.94. The third kappa shape index (κ3) is 5.15. The molecule has 1 aliphatic heterocycles. The first-order valence-corrected chi connectivity index (χ1v) is 10.5. The molecule has 6 nitrogen and oxygen atoms in total. The minimum Gasteiger partial charge on any atom is -0.293 e. The summed E-state index contributed by atoms with van der Waals surface area (Å²) in [5.41, 5.74) is 2.87. The number of nitrogens with zero attached hydrogens (tertiary/aromatic N) is 2. The molecule has 1 aliphatic rings. The van der Waals surface area contributed by atoms with Gasteiger partial charge in [0.05, 0.1) is 0 Å². The summed E-state index contributed by atoms with van der Waals surface area (Å²) in [4.78, 5) is 42.8. The van der Waals surface area contributed by atoms with Crippen LogP contribution >= 0.6 is 0 Å². The van der Waals surface area contributed by atoms with Crippen molar-refractivity contribution in [1.29, 1.82) is 0 Å². The molecule has 1 saturated heterocycles. The van der Waals surface area contributed by atoms with Gasteiger partial charge in [-0.25, -0.2) is 4.79 Å². The Morgan fingerprint density at radius 1 is 1.06 bits per heavy atom. The molecule has 2 aromatic carbocycles. The highest BCUT2D eigenvalue weighted by Crippen LogP contribution is 2.28. The average Bonchev–Trinajstić information content (AvgIpc) is 2.79. The topological polar surface area (TPSA) is 78.8 Å². The predicted molar refractivity (Wildman–Crippen MR) is 121 cm³/mol. The molecule has 4 amide bonds. The van der Waals surface area contributed by atoms with Crippen LogP contribution < -0.4 is 5.32 Å². The maximum atomic E-state index is 12.8. The van der Waals surface area contributed by atoms with Crippen LogP contribution in [0.4, 0.5) is 4.79 Å². The number of carbonyl (C=O) groups is 3. The van der Waals surface area contributed by atoms with Gasteiger partial charge < -0.3 is 0 Å². The van der Waals surface area contributed by atoms with E-state index in [1.807, 2.05) is 43.3 Å². The summed E-state index contributed by atoms with van der Waals surface area (Å²) < 4.78 is 0. The zero-order valence-corrected chi connectivity index (χ0v) is 17.7. The molecule has 0 radical (unpaired) electrons. The molecule has 0 bridgehead atoms. The maximum absolute atomic E-state index is 12.8. The molecule has 31 heavy (non-hydrogen) atoms. The number of nitrogens with one attached hydrogen (secondary N) is 1. The number of barbiturate groups is 1. The number of hydrogen-bond donors (Lipinski definition) is 1. The SMILES string of the molecule is C=CCN1C(=O)NC(=O)C(C(CC)=NCCC(c2ccccc2)c2ccccc2)C1=O. The Balaban J connectivity index is 1.80. The van der Waals surface area contributed by atoms with Crippen LogP contribution in [0.15, 0.2) is 78.3 Å². The van der Waals surface area contributed by atoms with E-state index >= 15 is 0 Å². The van der Waals surface area contributed by atoms with E-state index in [0.29, 0.717) is 18.7 Å². The second-order valence-corrected chi connectivity index (χ2v) is 7.35. The zero-order chi connectivity index (χ0) is 22.2. The minimum atomic E-state index is -1.07. The summed E-state index contributed by atoms with van der Waals surface area (Å²) >= 11 is 0. The molecule has 1 fully saturated rings. The maximum Gasteiger partial charge on any atom is 0.331 e. The van der Waals surface area contributed by atoms with Gasteiger partial charge in [0.25, 0.3) is 0 Å². The number of hydrogen-bond acceptors (Lipinski definition) is 4. The second-order valence-electron chi connectivity index (χ2n) is 7.35. The van der Waals surface area contributed by atoms with Gasteiger partial charge >= 0.3 is 6.03 Å². The number of aliphatic imine (C=N–C) groups is 1. The molecule has 1 N–H and O–H groups in total. The normalized spacial score (nSPS) is 17.1. The average molecular weight is 418 g/mol. The molecular weight excluding hydrogens is 390 g/mol. The molecule has 1 atom stereocenters. The molecule has 1 unspecified atom stereocenters. The Kier molecular flexibility index (Phi) is 7.49. The van der Waals surface area contributed by atoms with Crippen LogP contribution in [0, 0.1) is 5.92 Å². The van der Waals surface area contributed by atoms with Crippen molar-refractivity contribution in [2.45, 2.75) is 25.7 Å². The Labute approximate surface area is 182 Å². The number of carbonyl (C=O) groups excluding carboxylic acids is 3. The highest BCUT2D eigenvalue weighted by Gasteiger charge is 2.42. The van der Waals surface area contributed by atoms with Crippen molar-refractivity contribution in [2.24, 2.45) is 10.9 Å². The van der Waals surface area contributed by atoms with Gasteiger partial charge in [-0.05, 0) is 24.0 Å². The first-order chi connectivity index (χ1) is 15.1. The lowest BCUT2D eigenvalue weighted by molar-refractivity contribution is -0.139. The lowest BCUT2D eigenvalue weighted by Crippen LogP contribution is -2.59. The number of amides is 4. The highest BCUT2D eigenvalue weighted by atomic mass is 16.2. The van der Waals surface area contributed by atoms with E-state index in [2.05, 4.69) is 41.2 Å². The molecule has 0 saturated carbocycles. The van der Waals surface area contributed by atoms with Crippen LogP contribution in [0.25, 0.3) is 0 Å². The number of benzene rings is 2. The van der Waals surface area contributed by atoms with Crippen molar-refractivity contribution < 1.29 is 14.4 Å². The van der Waals surface area contributed by atoms with Gasteiger partial charge in [-0.15, -0.1) is 6.58 Å². The van der Waals surface area contributed by atoms with E-state index in [1.54, 1.807) is 0 Å². The van der Waals surface area contributed by atoms with Gasteiger partial charge in [-0.1, -0.05) is 73.7 Å². The van der Waals surface area contributed by atoms with Crippen LogP contribution in [0.3, 0.4) is 0 Å². The van der Waals surface area contributed by atoms with Crippen LogP contribution in [0.5, 0.6) is 0 Å². The van der Waals surface area contributed by atoms with Crippen LogP contribution in [-0.2, 0) is 9.59 Å². The van der Waals surface area contributed by atoms with Gasteiger partial charge in [-0.3, -0.25) is 24.8 Å².